The second-order valence-electron chi connectivity index (χ2n) is 6.87. The lowest BCUT2D eigenvalue weighted by molar-refractivity contribution is -0.116. The number of fused-ring (bicyclic) bond motifs is 3. The fraction of sp³-hybridized carbons (Fsp3) is 0.333. The number of nitriles is 1. The maximum absolute atomic E-state index is 12.9. The van der Waals surface area contributed by atoms with Crippen LogP contribution in [-0.2, 0) is 24.7 Å². The molecule has 0 N–H and O–H groups in total. The molecule has 3 aromatic rings. The Hall–Kier alpha value is -2.63. The van der Waals surface area contributed by atoms with Crippen LogP contribution in [0.25, 0.3) is 10.2 Å². The summed E-state index contributed by atoms with van der Waals surface area (Å²) in [5.41, 5.74) is 1.89. The summed E-state index contributed by atoms with van der Waals surface area (Å²) < 4.78 is 1.55. The first kappa shape index (κ1) is 19.7. The molecule has 1 aliphatic rings. The molecule has 6 nitrogen and oxygen atoms in total. The number of carbonyl (C=O) groups is 1. The zero-order valence-corrected chi connectivity index (χ0v) is 17.7. The van der Waals surface area contributed by atoms with Crippen LogP contribution in [0.4, 0.5) is 5.69 Å². The summed E-state index contributed by atoms with van der Waals surface area (Å²) in [4.78, 5) is 34.1. The molecule has 4 rings (SSSR count). The molecule has 0 radical (unpaired) electrons. The summed E-state index contributed by atoms with van der Waals surface area (Å²) in [6.07, 6.45) is 3.32. The molecule has 0 bridgehead atoms. The van der Waals surface area contributed by atoms with E-state index in [4.69, 9.17) is 5.26 Å². The highest BCUT2D eigenvalue weighted by molar-refractivity contribution is 7.99. The van der Waals surface area contributed by atoms with Crippen molar-refractivity contribution in [1.82, 2.24) is 9.55 Å². The average Bonchev–Trinajstić information content (AvgIpc) is 3.31. The number of carbonyl (C=O) groups excluding carboxylic acids is 1. The number of hydrogen-bond donors (Lipinski definition) is 0. The Morgan fingerprint density at radius 1 is 1.34 bits per heavy atom. The van der Waals surface area contributed by atoms with Gasteiger partial charge in [-0.15, -0.1) is 11.3 Å². The molecule has 0 saturated carbocycles. The van der Waals surface area contributed by atoms with E-state index in [1.54, 1.807) is 27.9 Å². The molecule has 8 heteroatoms. The quantitative estimate of drug-likeness (QED) is 0.447. The molecule has 1 amide bonds. The lowest BCUT2D eigenvalue weighted by atomic mass is 10.2. The summed E-state index contributed by atoms with van der Waals surface area (Å²) in [6.45, 7) is 0.336. The summed E-state index contributed by atoms with van der Waals surface area (Å²) in [5.74, 6) is 0.0384. The van der Waals surface area contributed by atoms with E-state index < -0.39 is 0 Å². The third-order valence-electron chi connectivity index (χ3n) is 5.05. The Bertz CT molecular complexity index is 1160. The summed E-state index contributed by atoms with van der Waals surface area (Å²) >= 11 is 2.87. The van der Waals surface area contributed by atoms with Crippen molar-refractivity contribution in [3.63, 3.8) is 0 Å². The second-order valence-corrected chi connectivity index (χ2v) is 8.90. The highest BCUT2D eigenvalue weighted by Crippen LogP contribution is 2.35. The first-order chi connectivity index (χ1) is 14.1. The highest BCUT2D eigenvalue weighted by Gasteiger charge is 2.23. The van der Waals surface area contributed by atoms with Gasteiger partial charge in [-0.2, -0.15) is 5.26 Å². The first-order valence-corrected chi connectivity index (χ1v) is 11.3. The van der Waals surface area contributed by atoms with Gasteiger partial charge in [0, 0.05) is 24.2 Å². The maximum atomic E-state index is 12.9. The number of benzene rings is 1. The van der Waals surface area contributed by atoms with Crippen molar-refractivity contribution >= 4 is 44.9 Å². The van der Waals surface area contributed by atoms with E-state index >= 15 is 0 Å². The van der Waals surface area contributed by atoms with Crippen LogP contribution in [0.1, 0.15) is 23.3 Å². The molecule has 0 unspecified atom stereocenters. The van der Waals surface area contributed by atoms with E-state index in [1.165, 1.54) is 16.6 Å². The van der Waals surface area contributed by atoms with Crippen LogP contribution in [0.15, 0.2) is 40.3 Å². The molecule has 1 aliphatic carbocycles. The molecule has 0 fully saturated rings. The van der Waals surface area contributed by atoms with Crippen molar-refractivity contribution in [3.8, 4) is 6.07 Å². The van der Waals surface area contributed by atoms with Gasteiger partial charge in [0.15, 0.2) is 5.16 Å². The number of amides is 1. The maximum Gasteiger partial charge on any atom is 0.262 e. The molecule has 0 atom stereocenters. The molecule has 0 spiro atoms. The fourth-order valence-corrected chi connectivity index (χ4v) is 5.76. The zero-order valence-electron chi connectivity index (χ0n) is 16.1. The van der Waals surface area contributed by atoms with Gasteiger partial charge < -0.3 is 4.90 Å². The summed E-state index contributed by atoms with van der Waals surface area (Å²) in [7, 11) is 1.71. The SMILES string of the molecule is Cn1c(SCC(=O)N(CCC#N)c2ccccc2)nc2sc3c(c2c1=O)CCC3. The van der Waals surface area contributed by atoms with Crippen LogP contribution in [0, 0.1) is 11.3 Å². The molecule has 0 saturated heterocycles. The number of rotatable bonds is 6. The van der Waals surface area contributed by atoms with E-state index in [0.29, 0.717) is 11.7 Å². The Balaban J connectivity index is 1.57. The lowest BCUT2D eigenvalue weighted by Crippen LogP contribution is -2.33. The van der Waals surface area contributed by atoms with Crippen LogP contribution < -0.4 is 10.5 Å². The van der Waals surface area contributed by atoms with Crippen molar-refractivity contribution in [2.45, 2.75) is 30.8 Å². The zero-order chi connectivity index (χ0) is 20.4. The van der Waals surface area contributed by atoms with E-state index in [0.717, 1.165) is 40.7 Å². The summed E-state index contributed by atoms with van der Waals surface area (Å²) in [6, 6.07) is 11.4. The van der Waals surface area contributed by atoms with Gasteiger partial charge in [-0.05, 0) is 37.0 Å². The second kappa shape index (κ2) is 8.39. The minimum Gasteiger partial charge on any atom is -0.311 e. The monoisotopic (exact) mass is 424 g/mol. The Kier molecular flexibility index (Phi) is 5.69. The lowest BCUT2D eigenvalue weighted by Gasteiger charge is -2.21. The number of hydrogen-bond acceptors (Lipinski definition) is 6. The predicted octanol–water partition coefficient (Wildman–Crippen LogP) is 3.52. The minimum absolute atomic E-state index is 0.0336. The van der Waals surface area contributed by atoms with Crippen LogP contribution >= 0.6 is 23.1 Å². The molecule has 2 heterocycles. The molecular formula is C21H20N4O2S2. The van der Waals surface area contributed by atoms with Crippen LogP contribution in [0.2, 0.25) is 0 Å². The number of thioether (sulfide) groups is 1. The summed E-state index contributed by atoms with van der Waals surface area (Å²) in [5, 5.41) is 10.2. The first-order valence-electron chi connectivity index (χ1n) is 9.46. The largest absolute Gasteiger partial charge is 0.311 e. The standard InChI is InChI=1S/C21H20N4O2S2/c1-24-20(27)18-15-9-5-10-16(15)29-19(18)23-21(24)28-13-17(26)25(12-6-11-22)14-7-3-2-4-8-14/h2-4,7-8H,5-6,9-10,12-13H2,1H3. The predicted molar refractivity (Wildman–Crippen MR) is 117 cm³/mol. The number of para-hydroxylation sites is 1. The number of anilines is 1. The van der Waals surface area contributed by atoms with Crippen molar-refractivity contribution in [3.05, 3.63) is 51.1 Å². The van der Waals surface area contributed by atoms with E-state index in [9.17, 15) is 9.59 Å². The molecule has 148 valence electrons. The van der Waals surface area contributed by atoms with Crippen molar-refractivity contribution in [2.24, 2.45) is 7.05 Å². The Morgan fingerprint density at radius 3 is 2.90 bits per heavy atom. The Labute approximate surface area is 176 Å². The number of thiophene rings is 1. The van der Waals surface area contributed by atoms with Gasteiger partial charge in [0.2, 0.25) is 5.91 Å². The molecule has 2 aromatic heterocycles. The third kappa shape index (κ3) is 3.80. The number of nitrogens with zero attached hydrogens (tertiary/aromatic N) is 4. The van der Waals surface area contributed by atoms with Crippen molar-refractivity contribution in [1.29, 1.82) is 5.26 Å². The topological polar surface area (TPSA) is 79.0 Å². The van der Waals surface area contributed by atoms with Crippen molar-refractivity contribution in [2.75, 3.05) is 17.2 Å². The van der Waals surface area contributed by atoms with Crippen molar-refractivity contribution < 1.29 is 4.79 Å². The Morgan fingerprint density at radius 2 is 2.14 bits per heavy atom. The van der Waals surface area contributed by atoms with Gasteiger partial charge in [0.25, 0.3) is 5.56 Å². The van der Waals surface area contributed by atoms with Crippen LogP contribution in [0.5, 0.6) is 0 Å². The minimum atomic E-state index is -0.112. The molecule has 29 heavy (non-hydrogen) atoms. The van der Waals surface area contributed by atoms with Crippen LogP contribution in [0.3, 0.4) is 0 Å². The van der Waals surface area contributed by atoms with Gasteiger partial charge in [-0.3, -0.25) is 14.2 Å². The van der Waals surface area contributed by atoms with Gasteiger partial charge in [-0.1, -0.05) is 30.0 Å². The van der Waals surface area contributed by atoms with Crippen LogP contribution in [-0.4, -0.2) is 27.8 Å². The van der Waals surface area contributed by atoms with Gasteiger partial charge >= 0.3 is 0 Å². The fourth-order valence-electron chi connectivity index (χ4n) is 3.61. The van der Waals surface area contributed by atoms with E-state index in [-0.39, 0.29) is 23.6 Å². The molecule has 0 aliphatic heterocycles. The molecule has 1 aromatic carbocycles. The normalized spacial score (nSPS) is 12.7. The third-order valence-corrected chi connectivity index (χ3v) is 7.25. The van der Waals surface area contributed by atoms with Gasteiger partial charge in [0.05, 0.1) is 23.6 Å². The number of aromatic nitrogens is 2. The van der Waals surface area contributed by atoms with Gasteiger partial charge in [0.1, 0.15) is 4.83 Å². The van der Waals surface area contributed by atoms with Gasteiger partial charge in [-0.25, -0.2) is 4.98 Å². The average molecular weight is 425 g/mol. The number of aryl methyl sites for hydroxylation is 2. The molecular weight excluding hydrogens is 404 g/mol. The smallest absolute Gasteiger partial charge is 0.262 e. The highest BCUT2D eigenvalue weighted by atomic mass is 32.2. The van der Waals surface area contributed by atoms with E-state index in [2.05, 4.69) is 11.1 Å². The van der Waals surface area contributed by atoms with E-state index in [1.807, 2.05) is 30.3 Å².